The zero-order chi connectivity index (χ0) is 23.6. The van der Waals surface area contributed by atoms with Crippen molar-refractivity contribution in [3.8, 4) is 0 Å². The molecule has 3 unspecified atom stereocenters. The first kappa shape index (κ1) is 23.9. The van der Waals surface area contributed by atoms with Gasteiger partial charge in [-0.1, -0.05) is 41.0 Å². The molecule has 3 rings (SSSR count). The minimum atomic E-state index is -0.816. The number of ether oxygens (including phenoxy) is 2. The SMILES string of the molecule is COC(=O)C1CC2(CN1C(=O)C(NC(=O)OC(C)(C)C)C(C)(C)C)C(C)(C)C21CCC1. The van der Waals surface area contributed by atoms with Gasteiger partial charge in [-0.3, -0.25) is 4.79 Å². The monoisotopic (exact) mass is 436 g/mol. The Kier molecular flexibility index (Phi) is 5.47. The molecule has 3 fully saturated rings. The van der Waals surface area contributed by atoms with E-state index in [0.717, 1.165) is 12.8 Å². The molecule has 0 aromatic rings. The molecular formula is C24H40N2O5. The Morgan fingerprint density at radius 3 is 2.00 bits per heavy atom. The predicted molar refractivity (Wildman–Crippen MR) is 117 cm³/mol. The number of hydrogen-bond donors (Lipinski definition) is 1. The van der Waals surface area contributed by atoms with Crippen LogP contribution in [0, 0.1) is 21.7 Å². The number of esters is 1. The van der Waals surface area contributed by atoms with Crippen molar-refractivity contribution in [3.05, 3.63) is 0 Å². The maximum Gasteiger partial charge on any atom is 0.408 e. The minimum absolute atomic E-state index is 0.0683. The van der Waals surface area contributed by atoms with E-state index in [1.165, 1.54) is 13.5 Å². The van der Waals surface area contributed by atoms with Gasteiger partial charge in [0.25, 0.3) is 0 Å². The third-order valence-corrected chi connectivity index (χ3v) is 8.34. The number of nitrogens with zero attached hydrogens (tertiary/aromatic N) is 1. The summed E-state index contributed by atoms with van der Waals surface area (Å²) in [5.41, 5.74) is -1.01. The maximum atomic E-state index is 13.8. The summed E-state index contributed by atoms with van der Waals surface area (Å²) in [6.45, 7) is 16.1. The molecule has 0 bridgehead atoms. The van der Waals surface area contributed by atoms with Gasteiger partial charge in [0.05, 0.1) is 7.11 Å². The molecule has 3 atom stereocenters. The van der Waals surface area contributed by atoms with Crippen LogP contribution in [0.1, 0.15) is 81.1 Å². The normalized spacial score (nSPS) is 29.3. The molecule has 7 heteroatoms. The number of carbonyl (C=O) groups excluding carboxylic acids is 3. The third kappa shape index (κ3) is 3.52. The number of amides is 2. The summed E-state index contributed by atoms with van der Waals surface area (Å²) in [5.74, 6) is -0.630. The lowest BCUT2D eigenvalue weighted by atomic mass is 9.73. The molecular weight excluding hydrogens is 396 g/mol. The molecule has 0 radical (unpaired) electrons. The zero-order valence-electron chi connectivity index (χ0n) is 20.7. The van der Waals surface area contributed by atoms with Crippen LogP contribution in [0.15, 0.2) is 0 Å². The lowest BCUT2D eigenvalue weighted by Crippen LogP contribution is -2.57. The van der Waals surface area contributed by atoms with E-state index in [-0.39, 0.29) is 28.1 Å². The van der Waals surface area contributed by atoms with E-state index in [0.29, 0.717) is 13.0 Å². The van der Waals surface area contributed by atoms with Gasteiger partial charge in [-0.2, -0.15) is 0 Å². The highest BCUT2D eigenvalue weighted by atomic mass is 16.6. The Balaban J connectivity index is 1.89. The Bertz CT molecular complexity index is 772. The average Bonchev–Trinajstić information content (AvgIpc) is 2.85. The largest absolute Gasteiger partial charge is 0.467 e. The predicted octanol–water partition coefficient (Wildman–Crippen LogP) is 3.90. The number of hydrogen-bond acceptors (Lipinski definition) is 5. The van der Waals surface area contributed by atoms with Crippen molar-refractivity contribution in [1.29, 1.82) is 0 Å². The van der Waals surface area contributed by atoms with Gasteiger partial charge in [0.1, 0.15) is 17.7 Å². The molecule has 31 heavy (non-hydrogen) atoms. The van der Waals surface area contributed by atoms with E-state index in [9.17, 15) is 14.4 Å². The second-order valence-electron chi connectivity index (χ2n) is 12.3. The highest BCUT2D eigenvalue weighted by Gasteiger charge is 2.85. The molecule has 0 aromatic heterocycles. The molecule has 2 spiro atoms. The molecule has 2 amide bonds. The Morgan fingerprint density at radius 1 is 1.03 bits per heavy atom. The van der Waals surface area contributed by atoms with Crippen molar-refractivity contribution in [2.24, 2.45) is 21.7 Å². The van der Waals surface area contributed by atoms with Crippen LogP contribution in [0.25, 0.3) is 0 Å². The summed E-state index contributed by atoms with van der Waals surface area (Å²) < 4.78 is 10.5. The fourth-order valence-electron chi connectivity index (χ4n) is 6.42. The summed E-state index contributed by atoms with van der Waals surface area (Å²) >= 11 is 0. The van der Waals surface area contributed by atoms with E-state index in [1.54, 1.807) is 25.7 Å². The Hall–Kier alpha value is -1.79. The van der Waals surface area contributed by atoms with Crippen LogP contribution < -0.4 is 5.32 Å². The standard InChI is InChI=1S/C24H40N2O5/c1-20(2,3)16(25-19(29)31-21(4,5)6)17(27)26-14-24(13-15(26)18(28)30-9)22(7,8)23(24)11-10-12-23/h15-16H,10-14H2,1-9H3,(H,25,29). The highest BCUT2D eigenvalue weighted by molar-refractivity contribution is 5.91. The van der Waals surface area contributed by atoms with Crippen LogP contribution in [0.3, 0.4) is 0 Å². The van der Waals surface area contributed by atoms with Crippen molar-refractivity contribution >= 4 is 18.0 Å². The summed E-state index contributed by atoms with van der Waals surface area (Å²) in [4.78, 5) is 40.7. The van der Waals surface area contributed by atoms with Crippen LogP contribution in [0.5, 0.6) is 0 Å². The van der Waals surface area contributed by atoms with Crippen molar-refractivity contribution in [2.75, 3.05) is 13.7 Å². The molecule has 1 aliphatic heterocycles. The number of methoxy groups -OCH3 is 1. The van der Waals surface area contributed by atoms with E-state index in [1.807, 2.05) is 20.8 Å². The topological polar surface area (TPSA) is 84.9 Å². The molecule has 1 saturated heterocycles. The quantitative estimate of drug-likeness (QED) is 0.679. The van der Waals surface area contributed by atoms with Gasteiger partial charge >= 0.3 is 12.1 Å². The van der Waals surface area contributed by atoms with E-state index >= 15 is 0 Å². The maximum absolute atomic E-state index is 13.8. The first-order valence-corrected chi connectivity index (χ1v) is 11.4. The summed E-state index contributed by atoms with van der Waals surface area (Å²) in [7, 11) is 1.37. The number of alkyl carbamates (subject to hydrolysis) is 1. The molecule has 0 aromatic carbocycles. The van der Waals surface area contributed by atoms with Crippen LogP contribution in [0.4, 0.5) is 4.79 Å². The van der Waals surface area contributed by atoms with Crippen molar-refractivity contribution in [2.45, 2.75) is 98.8 Å². The average molecular weight is 437 g/mol. The summed E-state index contributed by atoms with van der Waals surface area (Å²) in [5, 5.41) is 2.78. The lowest BCUT2D eigenvalue weighted by molar-refractivity contribution is -0.152. The van der Waals surface area contributed by atoms with Crippen molar-refractivity contribution in [1.82, 2.24) is 10.2 Å². The number of nitrogens with one attached hydrogen (secondary N) is 1. The van der Waals surface area contributed by atoms with Gasteiger partial charge in [0.15, 0.2) is 0 Å². The van der Waals surface area contributed by atoms with E-state index in [4.69, 9.17) is 9.47 Å². The fraction of sp³-hybridized carbons (Fsp3) is 0.875. The molecule has 176 valence electrons. The summed E-state index contributed by atoms with van der Waals surface area (Å²) in [6, 6.07) is -1.44. The van der Waals surface area contributed by atoms with Gasteiger partial charge < -0.3 is 19.7 Å². The fourth-order valence-corrected chi connectivity index (χ4v) is 6.42. The van der Waals surface area contributed by atoms with Crippen LogP contribution in [-0.4, -0.2) is 54.2 Å². The van der Waals surface area contributed by atoms with Crippen molar-refractivity contribution < 1.29 is 23.9 Å². The zero-order valence-corrected chi connectivity index (χ0v) is 20.7. The van der Waals surface area contributed by atoms with Gasteiger partial charge in [0, 0.05) is 12.0 Å². The van der Waals surface area contributed by atoms with Gasteiger partial charge in [-0.05, 0) is 56.3 Å². The number of carbonyl (C=O) groups is 3. The number of fused-ring (bicyclic) bond motifs is 1. The Labute approximate surface area is 186 Å². The summed E-state index contributed by atoms with van der Waals surface area (Å²) in [6.07, 6.45) is 3.49. The second kappa shape index (κ2) is 7.11. The van der Waals surface area contributed by atoms with Gasteiger partial charge in [0.2, 0.25) is 5.91 Å². The smallest absolute Gasteiger partial charge is 0.408 e. The van der Waals surface area contributed by atoms with Crippen LogP contribution in [-0.2, 0) is 19.1 Å². The number of rotatable bonds is 3. The Morgan fingerprint density at radius 2 is 1.61 bits per heavy atom. The molecule has 3 aliphatic rings. The lowest BCUT2D eigenvalue weighted by Gasteiger charge is -2.36. The highest BCUT2D eigenvalue weighted by Crippen LogP contribution is 2.88. The molecule has 1 heterocycles. The minimum Gasteiger partial charge on any atom is -0.467 e. The third-order valence-electron chi connectivity index (χ3n) is 8.34. The molecule has 7 nitrogen and oxygen atoms in total. The second-order valence-corrected chi connectivity index (χ2v) is 12.3. The van der Waals surface area contributed by atoms with Crippen LogP contribution >= 0.6 is 0 Å². The molecule has 1 N–H and O–H groups in total. The first-order valence-electron chi connectivity index (χ1n) is 11.4. The van der Waals surface area contributed by atoms with Crippen molar-refractivity contribution in [3.63, 3.8) is 0 Å². The van der Waals surface area contributed by atoms with Gasteiger partial charge in [-0.15, -0.1) is 0 Å². The van der Waals surface area contributed by atoms with E-state index < -0.39 is 29.2 Å². The molecule has 2 saturated carbocycles. The van der Waals surface area contributed by atoms with Gasteiger partial charge in [-0.25, -0.2) is 9.59 Å². The van der Waals surface area contributed by atoms with Crippen LogP contribution in [0.2, 0.25) is 0 Å². The number of likely N-dealkylation sites (tertiary alicyclic amines) is 1. The first-order chi connectivity index (χ1) is 14.0. The van der Waals surface area contributed by atoms with E-state index in [2.05, 4.69) is 19.2 Å². The molecule has 2 aliphatic carbocycles.